The molecular weight excluding hydrogens is 418 g/mol. The van der Waals surface area contributed by atoms with Crippen LogP contribution < -0.4 is 20.3 Å². The third-order valence-electron chi connectivity index (χ3n) is 4.84. The maximum Gasteiger partial charge on any atom is 0.387 e. The molecule has 8 heteroatoms. The smallest absolute Gasteiger partial charge is 0.387 e. The molecule has 1 heterocycles. The number of halogens is 2. The van der Waals surface area contributed by atoms with Gasteiger partial charge in [-0.1, -0.05) is 35.9 Å². The number of ether oxygens (including phenoxy) is 2. The van der Waals surface area contributed by atoms with Crippen LogP contribution in [0.1, 0.15) is 27.0 Å². The minimum absolute atomic E-state index is 0.0385. The lowest BCUT2D eigenvalue weighted by molar-refractivity contribution is -0.0512. The van der Waals surface area contributed by atoms with Gasteiger partial charge in [0.05, 0.1) is 13.7 Å². The van der Waals surface area contributed by atoms with Crippen LogP contribution in [-0.2, 0) is 13.0 Å². The van der Waals surface area contributed by atoms with E-state index in [1.54, 1.807) is 18.3 Å². The number of nitrogens with one attached hydrogen (secondary N) is 1. The van der Waals surface area contributed by atoms with Crippen LogP contribution in [0.4, 0.5) is 8.78 Å². The summed E-state index contributed by atoms with van der Waals surface area (Å²) >= 11 is 0. The van der Waals surface area contributed by atoms with E-state index in [0.29, 0.717) is 18.5 Å². The molecule has 32 heavy (non-hydrogen) atoms. The standard InChI is InChI=1S/C24H24F2N2O4/c1-16-5-3-6-18(13-16)15-28-12-4-7-19(23(28)30)22(29)27-11-10-17-8-9-20(31-2)21(14-17)32-24(25)26/h3-9,12-14,24H,10-11,15H2,1-2H3,(H,27,29). The van der Waals surface area contributed by atoms with Crippen LogP contribution in [0.25, 0.3) is 0 Å². The summed E-state index contributed by atoms with van der Waals surface area (Å²) in [5.41, 5.74) is 2.38. The van der Waals surface area contributed by atoms with E-state index >= 15 is 0 Å². The van der Waals surface area contributed by atoms with Crippen LogP contribution in [0, 0.1) is 6.92 Å². The Kier molecular flexibility index (Phi) is 7.59. The molecule has 0 radical (unpaired) electrons. The minimum Gasteiger partial charge on any atom is -0.493 e. The van der Waals surface area contributed by atoms with E-state index in [9.17, 15) is 18.4 Å². The molecule has 0 aliphatic heterocycles. The maximum absolute atomic E-state index is 12.8. The molecule has 6 nitrogen and oxygen atoms in total. The lowest BCUT2D eigenvalue weighted by atomic mass is 10.1. The number of hydrogen-bond donors (Lipinski definition) is 1. The van der Waals surface area contributed by atoms with Crippen LogP contribution in [-0.4, -0.2) is 30.7 Å². The first-order valence-electron chi connectivity index (χ1n) is 10.0. The number of rotatable bonds is 9. The molecule has 168 valence electrons. The van der Waals surface area contributed by atoms with Gasteiger partial charge >= 0.3 is 6.61 Å². The molecule has 3 rings (SSSR count). The van der Waals surface area contributed by atoms with Crippen LogP contribution in [0.2, 0.25) is 0 Å². The molecule has 1 aromatic heterocycles. The zero-order chi connectivity index (χ0) is 23.1. The molecule has 2 aromatic carbocycles. The Morgan fingerprint density at radius 3 is 2.59 bits per heavy atom. The van der Waals surface area contributed by atoms with Crippen molar-refractivity contribution in [2.24, 2.45) is 0 Å². The van der Waals surface area contributed by atoms with Gasteiger partial charge in [0.25, 0.3) is 11.5 Å². The number of hydrogen-bond acceptors (Lipinski definition) is 4. The molecule has 0 fully saturated rings. The van der Waals surface area contributed by atoms with Crippen molar-refractivity contribution in [3.05, 3.63) is 93.4 Å². The van der Waals surface area contributed by atoms with Gasteiger partial charge in [-0.2, -0.15) is 8.78 Å². The second kappa shape index (κ2) is 10.6. The fraction of sp³-hybridized carbons (Fsp3) is 0.250. The zero-order valence-electron chi connectivity index (χ0n) is 17.8. The Bertz CT molecular complexity index is 1140. The van der Waals surface area contributed by atoms with Crippen molar-refractivity contribution in [3.63, 3.8) is 0 Å². The quantitative estimate of drug-likeness (QED) is 0.548. The van der Waals surface area contributed by atoms with Gasteiger partial charge in [0.1, 0.15) is 5.56 Å². The predicted molar refractivity (Wildman–Crippen MR) is 117 cm³/mol. The van der Waals surface area contributed by atoms with Gasteiger partial charge in [-0.15, -0.1) is 0 Å². The zero-order valence-corrected chi connectivity index (χ0v) is 17.8. The van der Waals surface area contributed by atoms with Gasteiger partial charge in [-0.3, -0.25) is 9.59 Å². The summed E-state index contributed by atoms with van der Waals surface area (Å²) in [5.74, 6) is -0.379. The molecule has 0 aliphatic rings. The summed E-state index contributed by atoms with van der Waals surface area (Å²) < 4.78 is 36.1. The second-order valence-corrected chi connectivity index (χ2v) is 7.21. The van der Waals surface area contributed by atoms with E-state index in [1.165, 1.54) is 29.9 Å². The number of alkyl halides is 2. The summed E-state index contributed by atoms with van der Waals surface area (Å²) in [7, 11) is 1.36. The Hall–Kier alpha value is -3.68. The molecule has 3 aromatic rings. The van der Waals surface area contributed by atoms with Crippen molar-refractivity contribution in [2.45, 2.75) is 26.5 Å². The largest absolute Gasteiger partial charge is 0.493 e. The van der Waals surface area contributed by atoms with Crippen LogP contribution in [0.5, 0.6) is 11.5 Å². The topological polar surface area (TPSA) is 69.6 Å². The normalized spacial score (nSPS) is 10.8. The first-order valence-corrected chi connectivity index (χ1v) is 10.0. The highest BCUT2D eigenvalue weighted by Gasteiger charge is 2.14. The number of methoxy groups -OCH3 is 1. The number of aromatic nitrogens is 1. The van der Waals surface area contributed by atoms with E-state index in [1.807, 2.05) is 31.2 Å². The number of carbonyl (C=O) groups is 1. The molecule has 1 amide bonds. The molecule has 0 atom stereocenters. The summed E-state index contributed by atoms with van der Waals surface area (Å²) in [5, 5.41) is 2.70. The lowest BCUT2D eigenvalue weighted by Crippen LogP contribution is -2.33. The van der Waals surface area contributed by atoms with E-state index < -0.39 is 12.5 Å². The number of nitrogens with zero attached hydrogens (tertiary/aromatic N) is 1. The summed E-state index contributed by atoms with van der Waals surface area (Å²) in [6, 6.07) is 15.6. The predicted octanol–water partition coefficient (Wildman–Crippen LogP) is 3.79. The molecule has 0 unspecified atom stereocenters. The van der Waals surface area contributed by atoms with Crippen LogP contribution in [0.3, 0.4) is 0 Å². The lowest BCUT2D eigenvalue weighted by Gasteiger charge is -2.12. The number of pyridine rings is 1. The van der Waals surface area contributed by atoms with Crippen molar-refractivity contribution < 1.29 is 23.0 Å². The first kappa shape index (κ1) is 23.0. The number of carbonyl (C=O) groups excluding carboxylic acids is 1. The van der Waals surface area contributed by atoms with E-state index in [0.717, 1.165) is 11.1 Å². The molecule has 0 saturated carbocycles. The van der Waals surface area contributed by atoms with Crippen molar-refractivity contribution in [2.75, 3.05) is 13.7 Å². The molecule has 0 saturated heterocycles. The number of aryl methyl sites for hydroxylation is 1. The molecule has 0 aliphatic carbocycles. The average molecular weight is 442 g/mol. The van der Waals surface area contributed by atoms with Gasteiger partial charge in [0.15, 0.2) is 11.5 Å². The molecule has 0 bridgehead atoms. The monoisotopic (exact) mass is 442 g/mol. The fourth-order valence-corrected chi connectivity index (χ4v) is 3.32. The third-order valence-corrected chi connectivity index (χ3v) is 4.84. The van der Waals surface area contributed by atoms with E-state index in [4.69, 9.17) is 4.74 Å². The summed E-state index contributed by atoms with van der Waals surface area (Å²) in [6.07, 6.45) is 2.00. The van der Waals surface area contributed by atoms with Gasteiger partial charge in [0.2, 0.25) is 0 Å². The minimum atomic E-state index is -2.97. The highest BCUT2D eigenvalue weighted by molar-refractivity contribution is 5.93. The van der Waals surface area contributed by atoms with Crippen molar-refractivity contribution in [3.8, 4) is 11.5 Å². The Morgan fingerprint density at radius 1 is 1.06 bits per heavy atom. The number of amides is 1. The van der Waals surface area contributed by atoms with Crippen LogP contribution >= 0.6 is 0 Å². The second-order valence-electron chi connectivity index (χ2n) is 7.21. The molecule has 0 spiro atoms. The molecule has 1 N–H and O–H groups in total. The van der Waals surface area contributed by atoms with Gasteiger partial charge in [0, 0.05) is 12.7 Å². The SMILES string of the molecule is COc1ccc(CCNC(=O)c2cccn(Cc3cccc(C)c3)c2=O)cc1OC(F)F. The van der Waals surface area contributed by atoms with Gasteiger partial charge in [-0.05, 0) is 48.7 Å². The van der Waals surface area contributed by atoms with Gasteiger partial charge in [-0.25, -0.2) is 0 Å². The van der Waals surface area contributed by atoms with Crippen molar-refractivity contribution >= 4 is 5.91 Å². The van der Waals surface area contributed by atoms with Gasteiger partial charge < -0.3 is 19.4 Å². The third kappa shape index (κ3) is 5.94. The summed E-state index contributed by atoms with van der Waals surface area (Å²) in [4.78, 5) is 25.3. The average Bonchev–Trinajstić information content (AvgIpc) is 2.75. The maximum atomic E-state index is 12.8. The van der Waals surface area contributed by atoms with Crippen LogP contribution in [0.15, 0.2) is 65.6 Å². The van der Waals surface area contributed by atoms with E-state index in [-0.39, 0.29) is 29.2 Å². The number of benzene rings is 2. The van der Waals surface area contributed by atoms with E-state index in [2.05, 4.69) is 10.1 Å². The first-order chi connectivity index (χ1) is 15.4. The highest BCUT2D eigenvalue weighted by Crippen LogP contribution is 2.29. The molecular formula is C24H24F2N2O4. The Labute approximate surface area is 184 Å². The van der Waals surface area contributed by atoms with Crippen molar-refractivity contribution in [1.29, 1.82) is 0 Å². The fourth-order valence-electron chi connectivity index (χ4n) is 3.32. The Balaban J connectivity index is 1.65. The van der Waals surface area contributed by atoms with Crippen molar-refractivity contribution in [1.82, 2.24) is 9.88 Å². The highest BCUT2D eigenvalue weighted by atomic mass is 19.3. The Morgan fingerprint density at radius 2 is 1.88 bits per heavy atom. The summed E-state index contributed by atoms with van der Waals surface area (Å²) in [6.45, 7) is -0.424.